The lowest BCUT2D eigenvalue weighted by molar-refractivity contribution is 0.0410. The molecule has 1 aliphatic rings. The first-order valence-corrected chi connectivity index (χ1v) is 11.0. The average Bonchev–Trinajstić information content (AvgIpc) is 2.77. The van der Waals surface area contributed by atoms with E-state index in [1.54, 1.807) is 13.1 Å². The number of halogens is 1. The van der Waals surface area contributed by atoms with Gasteiger partial charge in [0.05, 0.1) is 18.2 Å². The van der Waals surface area contributed by atoms with E-state index in [1.165, 1.54) is 23.4 Å². The molecule has 8 nitrogen and oxygen atoms in total. The fourth-order valence-corrected chi connectivity index (χ4v) is 4.63. The minimum Gasteiger partial charge on any atom is -0.379 e. The van der Waals surface area contributed by atoms with Crippen LogP contribution < -0.4 is 11.2 Å². The number of morpholine rings is 1. The SMILES string of the molecule is Cn1c(=O)c2c(SCCN3CCOCC3)nc(-c3ccccc3Cl)nc2n(C)c1=O. The normalized spacial score (nSPS) is 15.0. The maximum absolute atomic E-state index is 12.9. The van der Waals surface area contributed by atoms with E-state index in [0.717, 1.165) is 43.2 Å². The Labute approximate surface area is 182 Å². The Hall–Kier alpha value is -2.20. The summed E-state index contributed by atoms with van der Waals surface area (Å²) < 4.78 is 7.86. The highest BCUT2D eigenvalue weighted by atomic mass is 35.5. The van der Waals surface area contributed by atoms with Gasteiger partial charge in [-0.15, -0.1) is 11.8 Å². The molecule has 0 spiro atoms. The van der Waals surface area contributed by atoms with Crippen molar-refractivity contribution in [1.82, 2.24) is 24.0 Å². The van der Waals surface area contributed by atoms with E-state index in [1.807, 2.05) is 18.2 Å². The molecule has 158 valence electrons. The zero-order valence-electron chi connectivity index (χ0n) is 16.8. The van der Waals surface area contributed by atoms with Crippen LogP contribution in [-0.2, 0) is 18.8 Å². The molecule has 0 bridgehead atoms. The van der Waals surface area contributed by atoms with Gasteiger partial charge in [0, 0.05) is 45.0 Å². The molecule has 30 heavy (non-hydrogen) atoms. The monoisotopic (exact) mass is 447 g/mol. The molecule has 1 fully saturated rings. The van der Waals surface area contributed by atoms with Crippen LogP contribution in [0, 0.1) is 0 Å². The third-order valence-electron chi connectivity index (χ3n) is 5.13. The van der Waals surface area contributed by atoms with Crippen LogP contribution in [-0.4, -0.2) is 62.6 Å². The van der Waals surface area contributed by atoms with Crippen LogP contribution in [0.25, 0.3) is 22.4 Å². The van der Waals surface area contributed by atoms with Crippen molar-refractivity contribution < 1.29 is 4.74 Å². The molecule has 0 N–H and O–H groups in total. The molecule has 2 aromatic heterocycles. The van der Waals surface area contributed by atoms with Crippen LogP contribution in [0.3, 0.4) is 0 Å². The summed E-state index contributed by atoms with van der Waals surface area (Å²) in [5.41, 5.74) is 0.138. The van der Waals surface area contributed by atoms with Crippen LogP contribution in [0.4, 0.5) is 0 Å². The fourth-order valence-electron chi connectivity index (χ4n) is 3.39. The number of fused-ring (bicyclic) bond motifs is 1. The molecule has 10 heteroatoms. The van der Waals surface area contributed by atoms with Gasteiger partial charge in [0.25, 0.3) is 5.56 Å². The van der Waals surface area contributed by atoms with Gasteiger partial charge in [-0.1, -0.05) is 23.7 Å². The number of nitrogens with zero attached hydrogens (tertiary/aromatic N) is 5. The number of rotatable bonds is 5. The lowest BCUT2D eigenvalue weighted by Gasteiger charge is -2.26. The second kappa shape index (κ2) is 8.89. The molecule has 0 saturated carbocycles. The number of aryl methyl sites for hydroxylation is 1. The minimum atomic E-state index is -0.430. The predicted molar refractivity (Wildman–Crippen MR) is 118 cm³/mol. The van der Waals surface area contributed by atoms with Gasteiger partial charge in [-0.05, 0) is 12.1 Å². The van der Waals surface area contributed by atoms with Gasteiger partial charge in [-0.25, -0.2) is 14.8 Å². The Balaban J connectivity index is 1.80. The van der Waals surface area contributed by atoms with Gasteiger partial charge in [-0.2, -0.15) is 0 Å². The average molecular weight is 448 g/mol. The number of thioether (sulfide) groups is 1. The predicted octanol–water partition coefficient (Wildman–Crippen LogP) is 1.77. The number of ether oxygens (including phenoxy) is 1. The van der Waals surface area contributed by atoms with Crippen molar-refractivity contribution in [2.24, 2.45) is 14.1 Å². The van der Waals surface area contributed by atoms with Crippen molar-refractivity contribution in [3.63, 3.8) is 0 Å². The smallest absolute Gasteiger partial charge is 0.332 e. The molecule has 3 aromatic rings. The van der Waals surface area contributed by atoms with E-state index in [-0.39, 0.29) is 0 Å². The summed E-state index contributed by atoms with van der Waals surface area (Å²) in [6.07, 6.45) is 0. The highest BCUT2D eigenvalue weighted by Crippen LogP contribution is 2.29. The summed E-state index contributed by atoms with van der Waals surface area (Å²) in [7, 11) is 3.07. The lowest BCUT2D eigenvalue weighted by Crippen LogP contribution is -2.38. The minimum absolute atomic E-state index is 0.307. The second-order valence-corrected chi connectivity index (χ2v) is 8.53. The zero-order chi connectivity index (χ0) is 21.3. The van der Waals surface area contributed by atoms with E-state index in [2.05, 4.69) is 14.9 Å². The summed E-state index contributed by atoms with van der Waals surface area (Å²) in [6, 6.07) is 7.27. The van der Waals surface area contributed by atoms with Crippen LogP contribution in [0.2, 0.25) is 5.02 Å². The summed E-state index contributed by atoms with van der Waals surface area (Å²) in [4.78, 5) is 36.9. The van der Waals surface area contributed by atoms with E-state index in [9.17, 15) is 9.59 Å². The van der Waals surface area contributed by atoms with Crippen molar-refractivity contribution in [1.29, 1.82) is 0 Å². The van der Waals surface area contributed by atoms with Crippen LogP contribution in [0.1, 0.15) is 0 Å². The topological polar surface area (TPSA) is 82.2 Å². The van der Waals surface area contributed by atoms with E-state index in [4.69, 9.17) is 16.3 Å². The summed E-state index contributed by atoms with van der Waals surface area (Å²) in [5, 5.41) is 1.41. The molecule has 0 unspecified atom stereocenters. The first kappa shape index (κ1) is 21.0. The number of hydrogen-bond acceptors (Lipinski definition) is 7. The molecule has 1 aliphatic heterocycles. The summed E-state index contributed by atoms with van der Waals surface area (Å²) in [6.45, 7) is 4.12. The van der Waals surface area contributed by atoms with Crippen LogP contribution >= 0.6 is 23.4 Å². The Bertz CT molecular complexity index is 1200. The lowest BCUT2D eigenvalue weighted by atomic mass is 10.2. The third kappa shape index (κ3) is 4.02. The first-order valence-electron chi connectivity index (χ1n) is 9.63. The highest BCUT2D eigenvalue weighted by molar-refractivity contribution is 7.99. The number of hydrogen-bond donors (Lipinski definition) is 0. The Morgan fingerprint density at radius 2 is 1.83 bits per heavy atom. The van der Waals surface area contributed by atoms with Gasteiger partial charge in [0.1, 0.15) is 10.4 Å². The maximum Gasteiger partial charge on any atom is 0.332 e. The molecular weight excluding hydrogens is 426 g/mol. The van der Waals surface area contributed by atoms with Gasteiger partial charge >= 0.3 is 5.69 Å². The van der Waals surface area contributed by atoms with Crippen LogP contribution in [0.15, 0.2) is 38.9 Å². The molecule has 0 atom stereocenters. The standard InChI is InChI=1S/C20H22ClN5O3S/c1-24-17-15(19(27)25(2)20(24)28)18(30-12-9-26-7-10-29-11-8-26)23-16(22-17)13-5-3-4-6-14(13)21/h3-6H,7-12H2,1-2H3. The molecule has 0 aliphatic carbocycles. The first-order chi connectivity index (χ1) is 14.5. The summed E-state index contributed by atoms with van der Waals surface area (Å²) in [5.74, 6) is 1.14. The number of aromatic nitrogens is 4. The van der Waals surface area contributed by atoms with Crippen LogP contribution in [0.5, 0.6) is 0 Å². The largest absolute Gasteiger partial charge is 0.379 e. The Morgan fingerprint density at radius 3 is 2.57 bits per heavy atom. The quantitative estimate of drug-likeness (QED) is 0.435. The molecule has 1 saturated heterocycles. The van der Waals surface area contributed by atoms with Crippen molar-refractivity contribution in [2.75, 3.05) is 38.6 Å². The molecule has 4 rings (SSSR count). The summed E-state index contributed by atoms with van der Waals surface area (Å²) >= 11 is 7.85. The fraction of sp³-hybridized carbons (Fsp3) is 0.400. The van der Waals surface area contributed by atoms with E-state index >= 15 is 0 Å². The maximum atomic E-state index is 12.9. The molecule has 0 radical (unpaired) electrons. The Kier molecular flexibility index (Phi) is 6.24. The molecule has 1 aromatic carbocycles. The van der Waals surface area contributed by atoms with Crippen molar-refractivity contribution in [3.8, 4) is 11.4 Å². The van der Waals surface area contributed by atoms with Gasteiger partial charge in [0.2, 0.25) is 0 Å². The zero-order valence-corrected chi connectivity index (χ0v) is 18.4. The van der Waals surface area contributed by atoms with Crippen molar-refractivity contribution in [2.45, 2.75) is 5.03 Å². The second-order valence-electron chi connectivity index (χ2n) is 7.04. The highest BCUT2D eigenvalue weighted by Gasteiger charge is 2.19. The van der Waals surface area contributed by atoms with Gasteiger partial charge < -0.3 is 4.74 Å². The molecule has 0 amide bonds. The van der Waals surface area contributed by atoms with Gasteiger partial charge in [-0.3, -0.25) is 18.8 Å². The third-order valence-corrected chi connectivity index (χ3v) is 6.42. The number of benzene rings is 1. The molecule has 3 heterocycles. The Morgan fingerprint density at radius 1 is 1.10 bits per heavy atom. The molecular formula is C20H22ClN5O3S. The van der Waals surface area contributed by atoms with Crippen molar-refractivity contribution in [3.05, 3.63) is 50.1 Å². The van der Waals surface area contributed by atoms with E-state index < -0.39 is 11.2 Å². The van der Waals surface area contributed by atoms with E-state index in [0.29, 0.717) is 32.5 Å². The van der Waals surface area contributed by atoms with Gasteiger partial charge in [0.15, 0.2) is 11.5 Å². The van der Waals surface area contributed by atoms with Crippen molar-refractivity contribution >= 4 is 34.4 Å².